The van der Waals surface area contributed by atoms with E-state index in [1.165, 1.54) is 16.6 Å². The molecule has 10 nitrogen and oxygen atoms in total. The lowest BCUT2D eigenvalue weighted by Gasteiger charge is -2.35. The first-order valence-electron chi connectivity index (χ1n) is 13.6. The van der Waals surface area contributed by atoms with Crippen molar-refractivity contribution in [2.75, 3.05) is 44.2 Å². The van der Waals surface area contributed by atoms with Crippen LogP contribution in [0.3, 0.4) is 0 Å². The van der Waals surface area contributed by atoms with Crippen molar-refractivity contribution >= 4 is 32.4 Å². The lowest BCUT2D eigenvalue weighted by molar-refractivity contribution is -0.122. The van der Waals surface area contributed by atoms with Gasteiger partial charge < -0.3 is 24.3 Å². The molecule has 1 fully saturated rings. The predicted octanol–water partition coefficient (Wildman–Crippen LogP) is 2.61. The van der Waals surface area contributed by atoms with Gasteiger partial charge in [0.25, 0.3) is 5.56 Å². The van der Waals surface area contributed by atoms with Crippen LogP contribution in [0, 0.1) is 5.82 Å². The number of halogens is 1. The smallest absolute Gasteiger partial charge is 0.258 e. The van der Waals surface area contributed by atoms with E-state index < -0.39 is 27.6 Å². The van der Waals surface area contributed by atoms with Gasteiger partial charge in [0.15, 0.2) is 11.5 Å². The monoisotopic (exact) mass is 592 g/mol. The Hall–Kier alpha value is -4.42. The van der Waals surface area contributed by atoms with E-state index >= 15 is 0 Å². The Balaban J connectivity index is 1.19. The van der Waals surface area contributed by atoms with Crippen LogP contribution in [0.1, 0.15) is 0 Å². The Morgan fingerprint density at radius 2 is 1.57 bits per heavy atom. The van der Waals surface area contributed by atoms with Crippen LogP contribution in [0.5, 0.6) is 11.5 Å². The van der Waals surface area contributed by atoms with E-state index in [-0.39, 0.29) is 54.3 Å². The number of pyridine rings is 1. The number of sulfonamides is 1. The third-order valence-corrected chi connectivity index (χ3v) is 9.34. The molecule has 0 saturated carbocycles. The molecule has 1 aromatic heterocycles. The topological polar surface area (TPSA) is 110 Å². The molecule has 6 rings (SSSR count). The maximum absolute atomic E-state index is 14.3. The summed E-state index contributed by atoms with van der Waals surface area (Å²) in [5.41, 5.74) is -0.0517. The Morgan fingerprint density at radius 1 is 0.905 bits per heavy atom. The number of rotatable bonds is 7. The first-order chi connectivity index (χ1) is 20.3. The molecule has 3 heterocycles. The van der Waals surface area contributed by atoms with Gasteiger partial charge in [0, 0.05) is 43.1 Å². The number of benzene rings is 3. The fraction of sp³-hybridized carbons (Fsp3) is 0.267. The fourth-order valence-electron chi connectivity index (χ4n) is 5.25. The van der Waals surface area contributed by atoms with E-state index in [2.05, 4.69) is 5.32 Å². The lowest BCUT2D eigenvalue weighted by atomic mass is 10.2. The molecule has 4 aromatic rings. The average molecular weight is 593 g/mol. The minimum Gasteiger partial charge on any atom is -0.486 e. The maximum Gasteiger partial charge on any atom is 0.258 e. The molecular weight excluding hydrogens is 563 g/mol. The summed E-state index contributed by atoms with van der Waals surface area (Å²) in [5.74, 6) is 0.373. The van der Waals surface area contributed by atoms with Crippen LogP contribution in [0.4, 0.5) is 10.1 Å². The summed E-state index contributed by atoms with van der Waals surface area (Å²) in [6.45, 7) is 0.896. The molecule has 42 heavy (non-hydrogen) atoms. The number of piperazine rings is 1. The van der Waals surface area contributed by atoms with Crippen molar-refractivity contribution in [2.24, 2.45) is 0 Å². The summed E-state index contributed by atoms with van der Waals surface area (Å²) < 4.78 is 56.1. The number of fused-ring (bicyclic) bond motifs is 2. The van der Waals surface area contributed by atoms with Gasteiger partial charge in [0.05, 0.1) is 12.2 Å². The number of carbonyl (C=O) groups is 1. The molecule has 1 unspecified atom stereocenters. The van der Waals surface area contributed by atoms with Gasteiger partial charge in [-0.25, -0.2) is 12.8 Å². The number of amides is 1. The van der Waals surface area contributed by atoms with E-state index in [0.717, 1.165) is 4.57 Å². The Labute approximate surface area is 241 Å². The molecule has 2 aliphatic rings. The SMILES string of the molecule is O=C(Cn1cc(S(=O)(=O)N2CCN(c3ccccc3F)CC2)c2ccccc2c1=O)NCC1COc2ccccc2O1. The van der Waals surface area contributed by atoms with Gasteiger partial charge in [0.1, 0.15) is 30.0 Å². The summed E-state index contributed by atoms with van der Waals surface area (Å²) in [4.78, 5) is 27.9. The largest absolute Gasteiger partial charge is 0.486 e. The first kappa shape index (κ1) is 27.7. The van der Waals surface area contributed by atoms with Crippen LogP contribution in [-0.4, -0.2) is 68.6 Å². The molecule has 12 heteroatoms. The third kappa shape index (κ3) is 5.42. The van der Waals surface area contributed by atoms with Crippen molar-refractivity contribution in [3.8, 4) is 11.5 Å². The van der Waals surface area contributed by atoms with Crippen LogP contribution in [0.15, 0.2) is 88.7 Å². The molecule has 1 N–H and O–H groups in total. The molecule has 2 aliphatic heterocycles. The predicted molar refractivity (Wildman–Crippen MR) is 155 cm³/mol. The fourth-order valence-corrected chi connectivity index (χ4v) is 6.89. The number of nitrogens with zero attached hydrogens (tertiary/aromatic N) is 3. The second kappa shape index (κ2) is 11.5. The van der Waals surface area contributed by atoms with Crippen molar-refractivity contribution in [1.29, 1.82) is 0 Å². The van der Waals surface area contributed by atoms with E-state index in [1.54, 1.807) is 54.6 Å². The molecule has 3 aromatic carbocycles. The number of ether oxygens (including phenoxy) is 2. The molecule has 218 valence electrons. The molecular formula is C30H29FN4O6S. The van der Waals surface area contributed by atoms with Crippen LogP contribution in [0.2, 0.25) is 0 Å². The van der Waals surface area contributed by atoms with E-state index in [9.17, 15) is 22.4 Å². The molecule has 0 bridgehead atoms. The van der Waals surface area contributed by atoms with Crippen LogP contribution in [-0.2, 0) is 21.4 Å². The second-order valence-corrected chi connectivity index (χ2v) is 12.0. The van der Waals surface area contributed by atoms with Gasteiger partial charge in [-0.15, -0.1) is 0 Å². The highest BCUT2D eigenvalue weighted by molar-refractivity contribution is 7.89. The number of aromatic nitrogens is 1. The Bertz CT molecular complexity index is 1800. The molecule has 1 saturated heterocycles. The number of para-hydroxylation sites is 3. The Morgan fingerprint density at radius 3 is 2.33 bits per heavy atom. The highest BCUT2D eigenvalue weighted by atomic mass is 32.2. The summed E-state index contributed by atoms with van der Waals surface area (Å²) in [6.07, 6.45) is 0.815. The standard InChI is InChI=1S/C30H29FN4O6S/c31-24-9-3-4-10-25(24)33-13-15-35(16-14-33)42(38,39)28-18-34(30(37)23-8-2-1-7-22(23)28)19-29(36)32-17-21-20-40-26-11-5-6-12-27(26)41-21/h1-12,18,21H,13-17,19-20H2,(H,32,36). The zero-order chi connectivity index (χ0) is 29.3. The number of hydrogen-bond donors (Lipinski definition) is 1. The number of hydrogen-bond acceptors (Lipinski definition) is 7. The van der Waals surface area contributed by atoms with Crippen LogP contribution >= 0.6 is 0 Å². The zero-order valence-corrected chi connectivity index (χ0v) is 23.4. The van der Waals surface area contributed by atoms with Gasteiger partial charge in [0.2, 0.25) is 15.9 Å². The molecule has 0 radical (unpaired) electrons. The minimum atomic E-state index is -4.05. The van der Waals surface area contributed by atoms with Gasteiger partial charge in [-0.3, -0.25) is 9.59 Å². The number of carbonyl (C=O) groups excluding carboxylic acids is 1. The van der Waals surface area contributed by atoms with Crippen LogP contribution < -0.4 is 25.2 Å². The first-order valence-corrected chi connectivity index (χ1v) is 15.0. The summed E-state index contributed by atoms with van der Waals surface area (Å²) in [5, 5.41) is 3.23. The quantitative estimate of drug-likeness (QED) is 0.351. The number of anilines is 1. The molecule has 1 amide bonds. The Kier molecular flexibility index (Phi) is 7.56. The van der Waals surface area contributed by atoms with Crippen LogP contribution in [0.25, 0.3) is 10.8 Å². The lowest BCUT2D eigenvalue weighted by Crippen LogP contribution is -2.49. The van der Waals surface area contributed by atoms with Gasteiger partial charge in [-0.1, -0.05) is 42.5 Å². The van der Waals surface area contributed by atoms with Crippen molar-refractivity contribution in [1.82, 2.24) is 14.2 Å². The normalized spacial score (nSPS) is 17.3. The molecule has 0 spiro atoms. The average Bonchev–Trinajstić information content (AvgIpc) is 3.01. The van der Waals surface area contributed by atoms with Crippen molar-refractivity contribution in [3.63, 3.8) is 0 Å². The van der Waals surface area contributed by atoms with Crippen molar-refractivity contribution in [3.05, 3.63) is 95.2 Å². The maximum atomic E-state index is 14.3. The van der Waals surface area contributed by atoms with Gasteiger partial charge in [-0.2, -0.15) is 4.31 Å². The minimum absolute atomic E-state index is 0.0644. The van der Waals surface area contributed by atoms with Crippen molar-refractivity contribution < 1.29 is 27.1 Å². The van der Waals surface area contributed by atoms with Gasteiger partial charge in [-0.05, 0) is 30.3 Å². The molecule has 0 aliphatic carbocycles. The summed E-state index contributed by atoms with van der Waals surface area (Å²) in [6, 6.07) is 20.1. The summed E-state index contributed by atoms with van der Waals surface area (Å²) in [7, 11) is -4.05. The second-order valence-electron chi connectivity index (χ2n) is 10.1. The highest BCUT2D eigenvalue weighted by Gasteiger charge is 2.32. The van der Waals surface area contributed by atoms with E-state index in [4.69, 9.17) is 9.47 Å². The molecule has 1 atom stereocenters. The third-order valence-electron chi connectivity index (χ3n) is 7.41. The van der Waals surface area contributed by atoms with Crippen molar-refractivity contribution in [2.45, 2.75) is 17.5 Å². The zero-order valence-electron chi connectivity index (χ0n) is 22.6. The summed E-state index contributed by atoms with van der Waals surface area (Å²) >= 11 is 0. The van der Waals surface area contributed by atoms with Gasteiger partial charge >= 0.3 is 0 Å². The van der Waals surface area contributed by atoms with E-state index in [0.29, 0.717) is 30.3 Å². The highest BCUT2D eigenvalue weighted by Crippen LogP contribution is 2.31. The number of nitrogens with one attached hydrogen (secondary N) is 1. The van der Waals surface area contributed by atoms with E-state index in [1.807, 2.05) is 17.0 Å².